The topological polar surface area (TPSA) is 28.4 Å². The van der Waals surface area contributed by atoms with E-state index in [1.807, 2.05) is 20.0 Å². The molecule has 0 bridgehead atoms. The van der Waals surface area contributed by atoms with E-state index < -0.39 is 0 Å². The molecule has 3 heteroatoms. The van der Waals surface area contributed by atoms with E-state index in [1.54, 1.807) is 0 Å². The van der Waals surface area contributed by atoms with Crippen molar-refractivity contribution in [2.75, 3.05) is 26.0 Å². The Morgan fingerprint density at radius 2 is 1.84 bits per heavy atom. The predicted molar refractivity (Wildman–Crippen MR) is 79.5 cm³/mol. The Hall–Kier alpha value is -1.74. The van der Waals surface area contributed by atoms with Crippen molar-refractivity contribution in [1.82, 2.24) is 4.90 Å². The van der Waals surface area contributed by atoms with Gasteiger partial charge in [0.15, 0.2) is 0 Å². The lowest BCUT2D eigenvalue weighted by Gasteiger charge is -2.16. The Kier molecular flexibility index (Phi) is 4.63. The SMILES string of the molecule is CNc1ccc(CN(C)CCc2ccc(C)o2)cc1. The fraction of sp³-hybridized carbons (Fsp3) is 0.375. The Morgan fingerprint density at radius 1 is 1.11 bits per heavy atom. The highest BCUT2D eigenvalue weighted by Gasteiger charge is 2.03. The highest BCUT2D eigenvalue weighted by Crippen LogP contribution is 2.11. The number of nitrogens with one attached hydrogen (secondary N) is 1. The predicted octanol–water partition coefficient (Wildman–Crippen LogP) is 3.30. The summed E-state index contributed by atoms with van der Waals surface area (Å²) in [6.45, 7) is 3.95. The van der Waals surface area contributed by atoms with E-state index in [9.17, 15) is 0 Å². The molecule has 2 aromatic rings. The number of hydrogen-bond donors (Lipinski definition) is 1. The zero-order valence-electron chi connectivity index (χ0n) is 11.9. The summed E-state index contributed by atoms with van der Waals surface area (Å²) in [5.41, 5.74) is 2.48. The molecule has 1 N–H and O–H groups in total. The Balaban J connectivity index is 1.81. The molecule has 0 radical (unpaired) electrons. The lowest BCUT2D eigenvalue weighted by atomic mass is 10.2. The molecule has 0 aliphatic rings. The van der Waals surface area contributed by atoms with Crippen LogP contribution < -0.4 is 5.32 Å². The van der Waals surface area contributed by atoms with Crippen molar-refractivity contribution in [3.05, 3.63) is 53.5 Å². The van der Waals surface area contributed by atoms with Gasteiger partial charge >= 0.3 is 0 Å². The van der Waals surface area contributed by atoms with Gasteiger partial charge in [-0.15, -0.1) is 0 Å². The van der Waals surface area contributed by atoms with Gasteiger partial charge in [-0.05, 0) is 43.8 Å². The minimum absolute atomic E-state index is 0.957. The molecule has 1 heterocycles. The number of anilines is 1. The fourth-order valence-electron chi connectivity index (χ4n) is 2.09. The summed E-state index contributed by atoms with van der Waals surface area (Å²) in [6.07, 6.45) is 0.957. The minimum atomic E-state index is 0.957. The van der Waals surface area contributed by atoms with Crippen LogP contribution in [0.2, 0.25) is 0 Å². The van der Waals surface area contributed by atoms with Gasteiger partial charge in [0.05, 0.1) is 0 Å². The van der Waals surface area contributed by atoms with E-state index in [2.05, 4.69) is 47.6 Å². The lowest BCUT2D eigenvalue weighted by Crippen LogP contribution is -2.20. The summed E-state index contributed by atoms with van der Waals surface area (Å²) in [7, 11) is 4.08. The largest absolute Gasteiger partial charge is 0.466 e. The number of likely N-dealkylation sites (N-methyl/N-ethyl adjacent to an activating group) is 1. The average Bonchev–Trinajstić information content (AvgIpc) is 2.83. The smallest absolute Gasteiger partial charge is 0.105 e. The van der Waals surface area contributed by atoms with Crippen LogP contribution in [0.1, 0.15) is 17.1 Å². The number of aryl methyl sites for hydroxylation is 1. The summed E-state index contributed by atoms with van der Waals surface area (Å²) in [4.78, 5) is 2.31. The van der Waals surface area contributed by atoms with Crippen LogP contribution in [0.5, 0.6) is 0 Å². The van der Waals surface area contributed by atoms with E-state index in [-0.39, 0.29) is 0 Å². The van der Waals surface area contributed by atoms with Gasteiger partial charge < -0.3 is 14.6 Å². The quantitative estimate of drug-likeness (QED) is 0.861. The van der Waals surface area contributed by atoms with E-state index in [0.29, 0.717) is 0 Å². The van der Waals surface area contributed by atoms with Crippen LogP contribution in [0.25, 0.3) is 0 Å². The molecule has 0 spiro atoms. The van der Waals surface area contributed by atoms with Crippen molar-refractivity contribution < 1.29 is 4.42 Å². The van der Waals surface area contributed by atoms with Gasteiger partial charge in [0.1, 0.15) is 11.5 Å². The van der Waals surface area contributed by atoms with Crippen molar-refractivity contribution in [3.63, 3.8) is 0 Å². The highest BCUT2D eigenvalue weighted by atomic mass is 16.3. The van der Waals surface area contributed by atoms with Crippen LogP contribution in [0.3, 0.4) is 0 Å². The van der Waals surface area contributed by atoms with Crippen LogP contribution in [0.4, 0.5) is 5.69 Å². The molecule has 2 rings (SSSR count). The van der Waals surface area contributed by atoms with Gasteiger partial charge in [0.2, 0.25) is 0 Å². The summed E-state index contributed by atoms with van der Waals surface area (Å²) in [5, 5.41) is 3.13. The van der Waals surface area contributed by atoms with Crippen LogP contribution >= 0.6 is 0 Å². The van der Waals surface area contributed by atoms with E-state index >= 15 is 0 Å². The number of furan rings is 1. The summed E-state index contributed by atoms with van der Waals surface area (Å²) in [5.74, 6) is 2.05. The molecule has 1 aromatic carbocycles. The molecule has 1 aromatic heterocycles. The standard InChI is InChI=1S/C16H22N2O/c1-13-4-9-16(19-13)10-11-18(3)12-14-5-7-15(17-2)8-6-14/h4-9,17H,10-12H2,1-3H3. The Labute approximate surface area is 115 Å². The van der Waals surface area contributed by atoms with Crippen molar-refractivity contribution >= 4 is 5.69 Å². The first-order valence-electron chi connectivity index (χ1n) is 6.68. The molecule has 0 aliphatic heterocycles. The summed E-state index contributed by atoms with van der Waals surface area (Å²) in [6, 6.07) is 12.6. The van der Waals surface area contributed by atoms with Crippen LogP contribution in [-0.4, -0.2) is 25.5 Å². The summed E-state index contributed by atoms with van der Waals surface area (Å²) >= 11 is 0. The molecule has 0 unspecified atom stereocenters. The van der Waals surface area contributed by atoms with Crippen molar-refractivity contribution in [2.24, 2.45) is 0 Å². The maximum atomic E-state index is 5.58. The van der Waals surface area contributed by atoms with Crippen LogP contribution in [-0.2, 0) is 13.0 Å². The monoisotopic (exact) mass is 258 g/mol. The second kappa shape index (κ2) is 6.43. The number of rotatable bonds is 6. The van der Waals surface area contributed by atoms with E-state index in [1.165, 1.54) is 5.56 Å². The fourth-order valence-corrected chi connectivity index (χ4v) is 2.09. The highest BCUT2D eigenvalue weighted by molar-refractivity contribution is 5.43. The number of hydrogen-bond acceptors (Lipinski definition) is 3. The third-order valence-electron chi connectivity index (χ3n) is 3.23. The van der Waals surface area contributed by atoms with Gasteiger partial charge in [-0.25, -0.2) is 0 Å². The molecule has 0 saturated carbocycles. The third kappa shape index (κ3) is 4.14. The molecule has 3 nitrogen and oxygen atoms in total. The lowest BCUT2D eigenvalue weighted by molar-refractivity contribution is 0.319. The molecule has 0 amide bonds. The zero-order valence-corrected chi connectivity index (χ0v) is 11.9. The number of benzene rings is 1. The van der Waals surface area contributed by atoms with Crippen LogP contribution in [0.15, 0.2) is 40.8 Å². The Bertz CT molecular complexity index is 502. The minimum Gasteiger partial charge on any atom is -0.466 e. The van der Waals surface area contributed by atoms with Gasteiger partial charge in [-0.2, -0.15) is 0 Å². The van der Waals surface area contributed by atoms with Gasteiger partial charge in [-0.1, -0.05) is 12.1 Å². The van der Waals surface area contributed by atoms with Crippen molar-refractivity contribution in [3.8, 4) is 0 Å². The van der Waals surface area contributed by atoms with Gasteiger partial charge in [0.25, 0.3) is 0 Å². The van der Waals surface area contributed by atoms with Gasteiger partial charge in [-0.3, -0.25) is 0 Å². The average molecular weight is 258 g/mol. The first-order chi connectivity index (χ1) is 9.17. The van der Waals surface area contributed by atoms with Crippen molar-refractivity contribution in [1.29, 1.82) is 0 Å². The van der Waals surface area contributed by atoms with E-state index in [4.69, 9.17) is 4.42 Å². The van der Waals surface area contributed by atoms with Crippen LogP contribution in [0, 0.1) is 6.92 Å². The molecule has 0 aliphatic carbocycles. The van der Waals surface area contributed by atoms with E-state index in [0.717, 1.165) is 36.7 Å². The molecule has 102 valence electrons. The van der Waals surface area contributed by atoms with Gasteiger partial charge in [0, 0.05) is 32.2 Å². The van der Waals surface area contributed by atoms with Crippen molar-refractivity contribution in [2.45, 2.75) is 19.9 Å². The maximum absolute atomic E-state index is 5.58. The first kappa shape index (κ1) is 13.7. The molecule has 0 fully saturated rings. The number of nitrogens with zero attached hydrogens (tertiary/aromatic N) is 1. The first-order valence-corrected chi connectivity index (χ1v) is 6.68. The maximum Gasteiger partial charge on any atom is 0.105 e. The Morgan fingerprint density at radius 3 is 2.42 bits per heavy atom. The molecule has 0 saturated heterocycles. The zero-order chi connectivity index (χ0) is 13.7. The molecule has 19 heavy (non-hydrogen) atoms. The second-order valence-electron chi connectivity index (χ2n) is 4.95. The third-order valence-corrected chi connectivity index (χ3v) is 3.23. The molecular formula is C16H22N2O. The summed E-state index contributed by atoms with van der Waals surface area (Å²) < 4.78 is 5.58. The molecule has 0 atom stereocenters. The second-order valence-corrected chi connectivity index (χ2v) is 4.95. The normalized spacial score (nSPS) is 10.9. The molecular weight excluding hydrogens is 236 g/mol.